The second kappa shape index (κ2) is 6.56. The van der Waals surface area contributed by atoms with Crippen molar-refractivity contribution in [2.75, 3.05) is 25.5 Å². The van der Waals surface area contributed by atoms with Gasteiger partial charge in [-0.25, -0.2) is 0 Å². The van der Waals surface area contributed by atoms with Gasteiger partial charge in [-0.15, -0.1) is 0 Å². The molecule has 0 aliphatic carbocycles. The molecule has 1 atom stereocenters. The van der Waals surface area contributed by atoms with Gasteiger partial charge >= 0.3 is 0 Å². The molecular weight excluding hydrogens is 270 g/mol. The van der Waals surface area contributed by atoms with Gasteiger partial charge in [0, 0.05) is 31.8 Å². The molecule has 1 heterocycles. The normalized spacial score (nSPS) is 18.4. The van der Waals surface area contributed by atoms with E-state index in [1.807, 2.05) is 4.90 Å². The molecule has 6 nitrogen and oxygen atoms in total. The number of amides is 1. The Balaban J connectivity index is 2.21. The molecule has 1 unspecified atom stereocenters. The Bertz CT molecular complexity index is 545. The molecular formula is C15H21N3O3. The van der Waals surface area contributed by atoms with Crippen molar-refractivity contribution in [1.82, 2.24) is 4.90 Å². The Hall–Kier alpha value is -2.11. The number of anilines is 1. The molecule has 2 rings (SSSR count). The second-order valence-electron chi connectivity index (χ2n) is 5.41. The third-order valence-corrected chi connectivity index (χ3v) is 4.09. The van der Waals surface area contributed by atoms with Crippen LogP contribution < -0.4 is 5.32 Å². The molecule has 6 heteroatoms. The number of piperidine rings is 1. The van der Waals surface area contributed by atoms with Crippen molar-refractivity contribution in [2.24, 2.45) is 5.92 Å². The summed E-state index contributed by atoms with van der Waals surface area (Å²) in [7, 11) is 1.62. The van der Waals surface area contributed by atoms with Crippen molar-refractivity contribution in [3.8, 4) is 0 Å². The predicted molar refractivity (Wildman–Crippen MR) is 81.6 cm³/mol. The lowest BCUT2D eigenvalue weighted by atomic mass is 9.95. The summed E-state index contributed by atoms with van der Waals surface area (Å²) in [5.41, 5.74) is 0.857. The maximum absolute atomic E-state index is 12.5. The van der Waals surface area contributed by atoms with Crippen molar-refractivity contribution in [3.05, 3.63) is 33.9 Å². The van der Waals surface area contributed by atoms with E-state index in [2.05, 4.69) is 12.2 Å². The summed E-state index contributed by atoms with van der Waals surface area (Å²) in [6.07, 6.45) is 3.27. The highest BCUT2D eigenvalue weighted by Gasteiger charge is 2.24. The first-order chi connectivity index (χ1) is 10.1. The highest BCUT2D eigenvalue weighted by molar-refractivity contribution is 5.96. The topological polar surface area (TPSA) is 75.5 Å². The minimum absolute atomic E-state index is 0.0147. The zero-order valence-electron chi connectivity index (χ0n) is 12.5. The molecule has 0 radical (unpaired) electrons. The fourth-order valence-electron chi connectivity index (χ4n) is 2.79. The lowest BCUT2D eigenvalue weighted by Crippen LogP contribution is -2.39. The molecule has 21 heavy (non-hydrogen) atoms. The Kier molecular flexibility index (Phi) is 4.77. The van der Waals surface area contributed by atoms with Gasteiger partial charge in [-0.3, -0.25) is 14.9 Å². The Labute approximate surface area is 124 Å². The van der Waals surface area contributed by atoms with Gasteiger partial charge in [-0.1, -0.05) is 13.3 Å². The average Bonchev–Trinajstić information content (AvgIpc) is 2.53. The van der Waals surface area contributed by atoms with Crippen LogP contribution >= 0.6 is 0 Å². The fourth-order valence-corrected chi connectivity index (χ4v) is 2.79. The average molecular weight is 291 g/mol. The number of nitro groups is 1. The molecule has 114 valence electrons. The monoisotopic (exact) mass is 291 g/mol. The fraction of sp³-hybridized carbons (Fsp3) is 0.533. The first kappa shape index (κ1) is 15.3. The largest absolute Gasteiger partial charge is 0.383 e. The lowest BCUT2D eigenvalue weighted by Gasteiger charge is -2.32. The Morgan fingerprint density at radius 1 is 1.52 bits per heavy atom. The summed E-state index contributed by atoms with van der Waals surface area (Å²) in [5.74, 6) is 0.518. The standard InChI is InChI=1S/C15H21N3O3/c1-3-11-5-4-8-17(10-11)15(19)12-6-7-14(18(20)21)13(9-12)16-2/h6-7,9,11,16H,3-5,8,10H2,1-2H3. The lowest BCUT2D eigenvalue weighted by molar-refractivity contribution is -0.383. The zero-order chi connectivity index (χ0) is 15.4. The van der Waals surface area contributed by atoms with Gasteiger partial charge in [-0.05, 0) is 30.9 Å². The van der Waals surface area contributed by atoms with Gasteiger partial charge in [-0.2, -0.15) is 0 Å². The number of carbonyl (C=O) groups excluding carboxylic acids is 1. The molecule has 1 aromatic carbocycles. The Morgan fingerprint density at radius 2 is 2.29 bits per heavy atom. The minimum Gasteiger partial charge on any atom is -0.383 e. The van der Waals surface area contributed by atoms with Crippen LogP contribution in [0, 0.1) is 16.0 Å². The van der Waals surface area contributed by atoms with Crippen LogP contribution in [0.4, 0.5) is 11.4 Å². The van der Waals surface area contributed by atoms with E-state index in [1.165, 1.54) is 18.6 Å². The molecule has 1 amide bonds. The summed E-state index contributed by atoms with van der Waals surface area (Å²) in [4.78, 5) is 24.9. The van der Waals surface area contributed by atoms with Crippen molar-refractivity contribution in [1.29, 1.82) is 0 Å². The SMILES string of the molecule is CCC1CCCN(C(=O)c2ccc([N+](=O)[O-])c(NC)c2)C1. The van der Waals surface area contributed by atoms with E-state index >= 15 is 0 Å². The molecule has 0 spiro atoms. The first-order valence-corrected chi connectivity index (χ1v) is 7.32. The third kappa shape index (κ3) is 3.32. The predicted octanol–water partition coefficient (Wildman–Crippen LogP) is 2.90. The number of hydrogen-bond acceptors (Lipinski definition) is 4. The summed E-state index contributed by atoms with van der Waals surface area (Å²) in [6, 6.07) is 4.49. The van der Waals surface area contributed by atoms with Gasteiger partial charge in [0.25, 0.3) is 11.6 Å². The van der Waals surface area contributed by atoms with Crippen LogP contribution in [0.1, 0.15) is 36.5 Å². The van der Waals surface area contributed by atoms with Crippen LogP contribution in [0.3, 0.4) is 0 Å². The van der Waals surface area contributed by atoms with Gasteiger partial charge in [0.05, 0.1) is 4.92 Å². The molecule has 1 aromatic rings. The quantitative estimate of drug-likeness (QED) is 0.683. The molecule has 1 aliphatic heterocycles. The van der Waals surface area contributed by atoms with Crippen molar-refractivity contribution >= 4 is 17.3 Å². The maximum Gasteiger partial charge on any atom is 0.292 e. The van der Waals surface area contributed by atoms with Crippen LogP contribution in [0.2, 0.25) is 0 Å². The maximum atomic E-state index is 12.5. The summed E-state index contributed by atoms with van der Waals surface area (Å²) < 4.78 is 0. The minimum atomic E-state index is -0.450. The number of rotatable bonds is 4. The number of hydrogen-bond donors (Lipinski definition) is 1. The zero-order valence-corrected chi connectivity index (χ0v) is 12.5. The molecule has 1 aliphatic rings. The van der Waals surface area contributed by atoms with Crippen molar-refractivity contribution in [2.45, 2.75) is 26.2 Å². The van der Waals surface area contributed by atoms with Gasteiger partial charge in [0.2, 0.25) is 0 Å². The van der Waals surface area contributed by atoms with Gasteiger partial charge < -0.3 is 10.2 Å². The van der Waals surface area contributed by atoms with E-state index in [1.54, 1.807) is 13.1 Å². The number of nitro benzene ring substituents is 1. The van der Waals surface area contributed by atoms with Crippen LogP contribution in [-0.2, 0) is 0 Å². The summed E-state index contributed by atoms with van der Waals surface area (Å²) >= 11 is 0. The van der Waals surface area contributed by atoms with Crippen molar-refractivity contribution < 1.29 is 9.72 Å². The van der Waals surface area contributed by atoms with Gasteiger partial charge in [0.15, 0.2) is 0 Å². The van der Waals surface area contributed by atoms with E-state index in [4.69, 9.17) is 0 Å². The van der Waals surface area contributed by atoms with Crippen LogP contribution in [-0.4, -0.2) is 35.9 Å². The molecule has 0 aromatic heterocycles. The second-order valence-corrected chi connectivity index (χ2v) is 5.41. The van der Waals surface area contributed by atoms with Crippen LogP contribution in [0.25, 0.3) is 0 Å². The first-order valence-electron chi connectivity index (χ1n) is 7.32. The summed E-state index contributed by atoms with van der Waals surface area (Å²) in [5, 5.41) is 13.7. The Morgan fingerprint density at radius 3 is 2.90 bits per heavy atom. The smallest absolute Gasteiger partial charge is 0.292 e. The van der Waals surface area contributed by atoms with Crippen LogP contribution in [0.5, 0.6) is 0 Å². The van der Waals surface area contributed by atoms with E-state index in [-0.39, 0.29) is 11.6 Å². The number of likely N-dealkylation sites (tertiary alicyclic amines) is 1. The highest BCUT2D eigenvalue weighted by atomic mass is 16.6. The summed E-state index contributed by atoms with van der Waals surface area (Å²) in [6.45, 7) is 3.69. The number of nitrogens with zero attached hydrogens (tertiary/aromatic N) is 2. The molecule has 1 N–H and O–H groups in total. The van der Waals surface area contributed by atoms with E-state index in [9.17, 15) is 14.9 Å². The number of carbonyl (C=O) groups is 1. The van der Waals surface area contributed by atoms with E-state index < -0.39 is 4.92 Å². The van der Waals surface area contributed by atoms with Crippen molar-refractivity contribution in [3.63, 3.8) is 0 Å². The molecule has 0 saturated carbocycles. The van der Waals surface area contributed by atoms with Crippen LogP contribution in [0.15, 0.2) is 18.2 Å². The number of benzene rings is 1. The number of nitrogens with one attached hydrogen (secondary N) is 1. The third-order valence-electron chi connectivity index (χ3n) is 4.09. The van der Waals surface area contributed by atoms with E-state index in [0.29, 0.717) is 17.2 Å². The molecule has 1 fully saturated rings. The highest BCUT2D eigenvalue weighted by Crippen LogP contribution is 2.27. The van der Waals surface area contributed by atoms with E-state index in [0.717, 1.165) is 25.9 Å². The molecule has 0 bridgehead atoms. The van der Waals surface area contributed by atoms with Gasteiger partial charge in [0.1, 0.15) is 5.69 Å². The molecule has 1 saturated heterocycles.